The predicted molar refractivity (Wildman–Crippen MR) is 112 cm³/mol. The van der Waals surface area contributed by atoms with Crippen LogP contribution in [0.5, 0.6) is 11.5 Å². The molecule has 0 saturated carbocycles. The van der Waals surface area contributed by atoms with E-state index in [4.69, 9.17) is 9.47 Å². The van der Waals surface area contributed by atoms with E-state index >= 15 is 0 Å². The normalized spacial score (nSPS) is 16.2. The SMILES string of the molecule is COC(=O)C1=C(O)/C(=C\c2ccc(O)c(OC)c2)SC1=Nc1cccc([N+](=O)[O-])c1. The van der Waals surface area contributed by atoms with E-state index in [1.807, 2.05) is 0 Å². The average Bonchev–Trinajstić information content (AvgIpc) is 3.03. The van der Waals surface area contributed by atoms with E-state index in [0.29, 0.717) is 10.5 Å². The number of aliphatic hydroxyl groups is 1. The fourth-order valence-corrected chi connectivity index (χ4v) is 3.65. The number of aliphatic hydroxyl groups excluding tert-OH is 1. The molecule has 10 heteroatoms. The van der Waals surface area contributed by atoms with Crippen molar-refractivity contribution >= 4 is 40.2 Å². The Balaban J connectivity index is 2.05. The van der Waals surface area contributed by atoms with Crippen molar-refractivity contribution < 1.29 is 29.4 Å². The van der Waals surface area contributed by atoms with E-state index in [9.17, 15) is 25.1 Å². The van der Waals surface area contributed by atoms with Crippen LogP contribution in [-0.2, 0) is 9.53 Å². The highest BCUT2D eigenvalue weighted by Crippen LogP contribution is 2.41. The molecule has 0 saturated heterocycles. The molecule has 0 atom stereocenters. The third-order valence-electron chi connectivity index (χ3n) is 4.05. The number of hydrogen-bond donors (Lipinski definition) is 2. The highest BCUT2D eigenvalue weighted by Gasteiger charge is 2.33. The molecule has 0 aliphatic carbocycles. The second-order valence-electron chi connectivity index (χ2n) is 5.95. The summed E-state index contributed by atoms with van der Waals surface area (Å²) in [4.78, 5) is 27.3. The highest BCUT2D eigenvalue weighted by atomic mass is 32.2. The first-order chi connectivity index (χ1) is 14.3. The summed E-state index contributed by atoms with van der Waals surface area (Å²) in [5.74, 6) is -0.921. The lowest BCUT2D eigenvalue weighted by molar-refractivity contribution is -0.384. The van der Waals surface area contributed by atoms with Gasteiger partial charge in [-0.3, -0.25) is 10.1 Å². The molecule has 0 spiro atoms. The third kappa shape index (κ3) is 4.28. The number of phenolic OH excluding ortho intramolecular Hbond substituents is 1. The average molecular weight is 428 g/mol. The fourth-order valence-electron chi connectivity index (χ4n) is 2.62. The van der Waals surface area contributed by atoms with Crippen LogP contribution in [0.1, 0.15) is 5.56 Å². The zero-order valence-corrected chi connectivity index (χ0v) is 16.7. The minimum absolute atomic E-state index is 0.0401. The Morgan fingerprint density at radius 1 is 1.20 bits per heavy atom. The molecule has 1 heterocycles. The molecule has 2 N–H and O–H groups in total. The Morgan fingerprint density at radius 3 is 2.63 bits per heavy atom. The summed E-state index contributed by atoms with van der Waals surface area (Å²) < 4.78 is 9.82. The van der Waals surface area contributed by atoms with E-state index in [2.05, 4.69) is 4.99 Å². The van der Waals surface area contributed by atoms with Gasteiger partial charge in [0.25, 0.3) is 5.69 Å². The number of ether oxygens (including phenoxy) is 2. The van der Waals surface area contributed by atoms with Gasteiger partial charge >= 0.3 is 5.97 Å². The van der Waals surface area contributed by atoms with Crippen LogP contribution in [0.2, 0.25) is 0 Å². The lowest BCUT2D eigenvalue weighted by Crippen LogP contribution is -2.10. The monoisotopic (exact) mass is 428 g/mol. The highest BCUT2D eigenvalue weighted by molar-refractivity contribution is 8.18. The molecule has 1 aliphatic heterocycles. The molecule has 30 heavy (non-hydrogen) atoms. The van der Waals surface area contributed by atoms with Crippen molar-refractivity contribution in [2.45, 2.75) is 0 Å². The number of aliphatic imine (C=N–C) groups is 1. The number of phenols is 1. The molecule has 9 nitrogen and oxygen atoms in total. The van der Waals surface area contributed by atoms with E-state index in [1.54, 1.807) is 24.3 Å². The van der Waals surface area contributed by atoms with Crippen LogP contribution >= 0.6 is 11.8 Å². The molecule has 0 radical (unpaired) electrons. The van der Waals surface area contributed by atoms with Crippen molar-refractivity contribution in [3.63, 3.8) is 0 Å². The van der Waals surface area contributed by atoms with Gasteiger partial charge in [0.2, 0.25) is 0 Å². The molecule has 0 fully saturated rings. The third-order valence-corrected chi connectivity index (χ3v) is 5.07. The van der Waals surface area contributed by atoms with E-state index < -0.39 is 10.9 Å². The lowest BCUT2D eigenvalue weighted by Gasteiger charge is -2.04. The first kappa shape index (κ1) is 20.9. The molecule has 3 rings (SSSR count). The van der Waals surface area contributed by atoms with Gasteiger partial charge in [-0.2, -0.15) is 0 Å². The molecular weight excluding hydrogens is 412 g/mol. The van der Waals surface area contributed by atoms with Gasteiger partial charge in [0, 0.05) is 12.1 Å². The van der Waals surface area contributed by atoms with Crippen LogP contribution < -0.4 is 4.74 Å². The van der Waals surface area contributed by atoms with Gasteiger partial charge in [0.05, 0.1) is 29.7 Å². The number of carbonyl (C=O) groups is 1. The first-order valence-corrected chi connectivity index (χ1v) is 9.27. The maximum absolute atomic E-state index is 12.2. The van der Waals surface area contributed by atoms with Gasteiger partial charge in [-0.25, -0.2) is 9.79 Å². The predicted octanol–water partition coefficient (Wildman–Crippen LogP) is 4.11. The second kappa shape index (κ2) is 8.70. The number of hydrogen-bond acceptors (Lipinski definition) is 9. The van der Waals surface area contributed by atoms with Crippen molar-refractivity contribution in [2.24, 2.45) is 4.99 Å². The van der Waals surface area contributed by atoms with Crippen molar-refractivity contribution in [2.75, 3.05) is 14.2 Å². The van der Waals surface area contributed by atoms with Gasteiger partial charge in [-0.05, 0) is 29.8 Å². The van der Waals surface area contributed by atoms with Gasteiger partial charge < -0.3 is 19.7 Å². The van der Waals surface area contributed by atoms with Crippen LogP contribution in [0.15, 0.2) is 63.7 Å². The number of esters is 1. The van der Waals surface area contributed by atoms with Gasteiger partial charge in [-0.1, -0.05) is 23.9 Å². The molecule has 0 aromatic heterocycles. The van der Waals surface area contributed by atoms with Gasteiger partial charge in [0.15, 0.2) is 11.5 Å². The summed E-state index contributed by atoms with van der Waals surface area (Å²) in [5, 5.41) is 31.4. The number of thioether (sulfide) groups is 1. The molecule has 154 valence electrons. The molecule has 2 aromatic rings. The summed E-state index contributed by atoms with van der Waals surface area (Å²) in [6.45, 7) is 0. The Bertz CT molecular complexity index is 1120. The van der Waals surface area contributed by atoms with Crippen molar-refractivity contribution in [3.8, 4) is 11.5 Å². The number of aromatic hydroxyl groups is 1. The molecule has 0 amide bonds. The zero-order chi connectivity index (χ0) is 21.8. The minimum Gasteiger partial charge on any atom is -0.506 e. The summed E-state index contributed by atoms with van der Waals surface area (Å²) in [5.41, 5.74) is 0.540. The standard InChI is InChI=1S/C20H16N2O7S/c1-28-15-8-11(6-7-14(15)23)9-16-18(24)17(20(25)29-2)19(30-16)21-12-4-3-5-13(10-12)22(26)27/h3-10,23-24H,1-2H3/b16-9+,21-19?. The zero-order valence-electron chi connectivity index (χ0n) is 15.9. The van der Waals surface area contributed by atoms with Gasteiger partial charge in [-0.15, -0.1) is 0 Å². The van der Waals surface area contributed by atoms with Crippen LogP contribution in [0.4, 0.5) is 11.4 Å². The summed E-state index contributed by atoms with van der Waals surface area (Å²) >= 11 is 1.01. The second-order valence-corrected chi connectivity index (χ2v) is 6.98. The van der Waals surface area contributed by atoms with Crippen LogP contribution in [-0.4, -0.2) is 40.4 Å². The number of nitro benzene ring substituents is 1. The number of nitrogens with zero attached hydrogens (tertiary/aromatic N) is 2. The molecule has 0 unspecified atom stereocenters. The maximum atomic E-state index is 12.2. The lowest BCUT2D eigenvalue weighted by atomic mass is 10.1. The summed E-state index contributed by atoms with van der Waals surface area (Å²) in [6, 6.07) is 10.2. The summed E-state index contributed by atoms with van der Waals surface area (Å²) in [6.07, 6.45) is 1.58. The number of nitro groups is 1. The summed E-state index contributed by atoms with van der Waals surface area (Å²) in [7, 11) is 2.58. The largest absolute Gasteiger partial charge is 0.506 e. The Kier molecular flexibility index (Phi) is 6.07. The number of rotatable bonds is 5. The topological polar surface area (TPSA) is 131 Å². The van der Waals surface area contributed by atoms with Gasteiger partial charge in [0.1, 0.15) is 16.4 Å². The quantitative estimate of drug-likeness (QED) is 0.413. The number of benzene rings is 2. The Labute approximate surface area is 175 Å². The fraction of sp³-hybridized carbons (Fsp3) is 0.100. The molecule has 0 bridgehead atoms. The van der Waals surface area contributed by atoms with Crippen LogP contribution in [0.3, 0.4) is 0 Å². The molecular formula is C20H16N2O7S. The smallest absolute Gasteiger partial charge is 0.344 e. The van der Waals surface area contributed by atoms with Crippen LogP contribution in [0.25, 0.3) is 6.08 Å². The van der Waals surface area contributed by atoms with E-state index in [-0.39, 0.29) is 39.2 Å². The van der Waals surface area contributed by atoms with E-state index in [1.165, 1.54) is 38.5 Å². The first-order valence-electron chi connectivity index (χ1n) is 8.46. The Morgan fingerprint density at radius 2 is 1.97 bits per heavy atom. The minimum atomic E-state index is -0.795. The van der Waals surface area contributed by atoms with Crippen molar-refractivity contribution in [3.05, 3.63) is 74.4 Å². The number of non-ortho nitro benzene ring substituents is 1. The Hall–Kier alpha value is -3.79. The number of carbonyl (C=O) groups excluding carboxylic acids is 1. The molecule has 1 aliphatic rings. The van der Waals surface area contributed by atoms with Crippen LogP contribution in [0, 0.1) is 10.1 Å². The van der Waals surface area contributed by atoms with Crippen molar-refractivity contribution in [1.29, 1.82) is 0 Å². The molecule has 2 aromatic carbocycles. The number of methoxy groups -OCH3 is 2. The maximum Gasteiger partial charge on any atom is 0.344 e. The van der Waals surface area contributed by atoms with Crippen molar-refractivity contribution in [1.82, 2.24) is 0 Å². The van der Waals surface area contributed by atoms with E-state index in [0.717, 1.165) is 11.8 Å².